The van der Waals surface area contributed by atoms with Crippen LogP contribution in [0.25, 0.3) is 0 Å². The highest BCUT2D eigenvalue weighted by molar-refractivity contribution is 6.02. The number of nitrogens with one attached hydrogen (secondary N) is 1. The number of ketones is 1. The Balaban J connectivity index is 3.22. The molecule has 1 aromatic rings. The molecule has 3 N–H and O–H groups in total. The van der Waals surface area contributed by atoms with E-state index in [1.165, 1.54) is 6.20 Å². The summed E-state index contributed by atoms with van der Waals surface area (Å²) >= 11 is 0. The van der Waals surface area contributed by atoms with E-state index >= 15 is 0 Å². The molecule has 0 spiro atoms. The van der Waals surface area contributed by atoms with Crippen LogP contribution in [-0.4, -0.2) is 15.8 Å². The van der Waals surface area contributed by atoms with E-state index in [0.717, 1.165) is 0 Å². The van der Waals surface area contributed by atoms with Gasteiger partial charge in [-0.25, -0.2) is 9.78 Å². The fourth-order valence-corrected chi connectivity index (χ4v) is 0.992. The van der Waals surface area contributed by atoms with Crippen LogP contribution in [0.3, 0.4) is 0 Å². The van der Waals surface area contributed by atoms with Crippen molar-refractivity contribution in [2.45, 2.75) is 20.8 Å². The van der Waals surface area contributed by atoms with Crippen molar-refractivity contribution < 1.29 is 4.79 Å². The Morgan fingerprint density at radius 3 is 2.50 bits per heavy atom. The van der Waals surface area contributed by atoms with Crippen LogP contribution in [0.1, 0.15) is 31.1 Å². The van der Waals surface area contributed by atoms with Crippen LogP contribution in [0.15, 0.2) is 11.0 Å². The van der Waals surface area contributed by atoms with Gasteiger partial charge in [0.25, 0.3) is 0 Å². The quantitative estimate of drug-likeness (QED) is 0.641. The van der Waals surface area contributed by atoms with E-state index in [-0.39, 0.29) is 17.2 Å². The Kier molecular flexibility index (Phi) is 2.42. The first kappa shape index (κ1) is 10.4. The number of anilines is 1. The van der Waals surface area contributed by atoms with Gasteiger partial charge in [-0.1, -0.05) is 20.8 Å². The van der Waals surface area contributed by atoms with E-state index in [2.05, 4.69) is 9.97 Å². The Morgan fingerprint density at radius 2 is 2.07 bits per heavy atom. The molecule has 14 heavy (non-hydrogen) atoms. The molecule has 5 heteroatoms. The maximum atomic E-state index is 11.8. The van der Waals surface area contributed by atoms with Crippen molar-refractivity contribution in [1.29, 1.82) is 0 Å². The van der Waals surface area contributed by atoms with Crippen molar-refractivity contribution >= 4 is 11.6 Å². The van der Waals surface area contributed by atoms with Gasteiger partial charge in [0.2, 0.25) is 0 Å². The smallest absolute Gasteiger partial charge is 0.346 e. The van der Waals surface area contributed by atoms with Gasteiger partial charge in [-0.2, -0.15) is 0 Å². The van der Waals surface area contributed by atoms with Gasteiger partial charge in [0.15, 0.2) is 5.78 Å². The van der Waals surface area contributed by atoms with Gasteiger partial charge in [-0.05, 0) is 0 Å². The maximum absolute atomic E-state index is 11.8. The van der Waals surface area contributed by atoms with E-state index in [4.69, 9.17) is 5.73 Å². The summed E-state index contributed by atoms with van der Waals surface area (Å²) in [5, 5.41) is 0. The van der Waals surface area contributed by atoms with Crippen molar-refractivity contribution in [3.05, 3.63) is 22.2 Å². The normalized spacial score (nSPS) is 11.4. The molecule has 0 fully saturated rings. The minimum Gasteiger partial charge on any atom is -0.384 e. The molecule has 0 bridgehead atoms. The third kappa shape index (κ3) is 1.99. The van der Waals surface area contributed by atoms with Crippen molar-refractivity contribution in [2.24, 2.45) is 5.41 Å². The predicted molar refractivity (Wildman–Crippen MR) is 53.1 cm³/mol. The van der Waals surface area contributed by atoms with Crippen LogP contribution >= 0.6 is 0 Å². The third-order valence-electron chi connectivity index (χ3n) is 1.77. The number of nitrogen functional groups attached to an aromatic ring is 1. The standard InChI is InChI=1S/C9H13N3O2/c1-9(2,3)6(13)5-4-11-8(14)12-7(5)10/h4H,1-3H3,(H3,10,11,12,14). The van der Waals surface area contributed by atoms with Crippen LogP contribution in [0, 0.1) is 5.41 Å². The minimum absolute atomic E-state index is 0.0740. The highest BCUT2D eigenvalue weighted by atomic mass is 16.1. The number of nitrogens with zero attached hydrogens (tertiary/aromatic N) is 1. The predicted octanol–water partition coefficient (Wildman–Crippen LogP) is 0.581. The van der Waals surface area contributed by atoms with Crippen LogP contribution in [0.2, 0.25) is 0 Å². The second-order valence-corrected chi connectivity index (χ2v) is 4.09. The molecule has 0 aliphatic heterocycles. The zero-order valence-electron chi connectivity index (χ0n) is 8.42. The first-order valence-corrected chi connectivity index (χ1v) is 4.22. The van der Waals surface area contributed by atoms with Crippen molar-refractivity contribution in [3.8, 4) is 0 Å². The number of nitrogens with two attached hydrogens (primary N) is 1. The summed E-state index contributed by atoms with van der Waals surface area (Å²) in [5.41, 5.74) is 4.68. The Bertz CT molecular complexity index is 415. The molecule has 0 atom stereocenters. The van der Waals surface area contributed by atoms with Crippen LogP contribution in [-0.2, 0) is 0 Å². The number of Topliss-reactive ketones (excluding diaryl/α,β-unsaturated/α-hetero) is 1. The number of carbonyl (C=O) groups is 1. The highest BCUT2D eigenvalue weighted by Gasteiger charge is 2.25. The molecule has 0 amide bonds. The molecule has 0 aromatic carbocycles. The number of aromatic nitrogens is 2. The van der Waals surface area contributed by atoms with Crippen molar-refractivity contribution in [3.63, 3.8) is 0 Å². The average molecular weight is 195 g/mol. The average Bonchev–Trinajstić information content (AvgIpc) is 2.01. The van der Waals surface area contributed by atoms with Gasteiger partial charge in [-0.3, -0.25) is 9.78 Å². The molecule has 0 aliphatic rings. The van der Waals surface area contributed by atoms with E-state index < -0.39 is 11.1 Å². The topological polar surface area (TPSA) is 88.8 Å². The number of aromatic amines is 1. The first-order valence-electron chi connectivity index (χ1n) is 4.22. The summed E-state index contributed by atoms with van der Waals surface area (Å²) in [5.74, 6) is -0.0660. The summed E-state index contributed by atoms with van der Waals surface area (Å²) in [6.45, 7) is 5.33. The third-order valence-corrected chi connectivity index (χ3v) is 1.77. The lowest BCUT2D eigenvalue weighted by molar-refractivity contribution is 0.0858. The molecule has 1 aromatic heterocycles. The van der Waals surface area contributed by atoms with Crippen molar-refractivity contribution in [2.75, 3.05) is 5.73 Å². The lowest BCUT2D eigenvalue weighted by Gasteiger charge is -2.16. The Hall–Kier alpha value is -1.65. The summed E-state index contributed by atoms with van der Waals surface area (Å²) in [7, 11) is 0. The zero-order chi connectivity index (χ0) is 10.9. The largest absolute Gasteiger partial charge is 0.384 e. The lowest BCUT2D eigenvalue weighted by Crippen LogP contribution is -2.24. The summed E-state index contributed by atoms with van der Waals surface area (Å²) in [6, 6.07) is 0. The Labute approximate surface area is 81.4 Å². The summed E-state index contributed by atoms with van der Waals surface area (Å²) in [4.78, 5) is 28.3. The maximum Gasteiger partial charge on any atom is 0.346 e. The van der Waals surface area contributed by atoms with Gasteiger partial charge in [0.05, 0.1) is 5.56 Å². The van der Waals surface area contributed by atoms with Gasteiger partial charge in [0, 0.05) is 11.6 Å². The molecule has 0 saturated carbocycles. The molecular weight excluding hydrogens is 182 g/mol. The fourth-order valence-electron chi connectivity index (χ4n) is 0.992. The molecule has 0 saturated heterocycles. The number of carbonyl (C=O) groups excluding carboxylic acids is 1. The highest BCUT2D eigenvalue weighted by Crippen LogP contribution is 2.21. The SMILES string of the molecule is CC(C)(C)C(=O)c1cnc(=O)[nH]c1N. The van der Waals surface area contributed by atoms with Crippen LogP contribution in [0.4, 0.5) is 5.82 Å². The van der Waals surface area contributed by atoms with Crippen LogP contribution < -0.4 is 11.4 Å². The number of H-pyrrole nitrogens is 1. The fraction of sp³-hybridized carbons (Fsp3) is 0.444. The lowest BCUT2D eigenvalue weighted by atomic mass is 9.87. The second kappa shape index (κ2) is 3.25. The monoisotopic (exact) mass is 195 g/mol. The molecule has 5 nitrogen and oxygen atoms in total. The number of hydrogen-bond donors (Lipinski definition) is 2. The summed E-state index contributed by atoms with van der Waals surface area (Å²) in [6.07, 6.45) is 1.21. The molecule has 1 heterocycles. The zero-order valence-corrected chi connectivity index (χ0v) is 8.42. The molecular formula is C9H13N3O2. The van der Waals surface area contributed by atoms with E-state index in [1.807, 2.05) is 0 Å². The first-order chi connectivity index (χ1) is 6.32. The molecule has 76 valence electrons. The number of rotatable bonds is 1. The molecule has 0 unspecified atom stereocenters. The molecule has 1 rings (SSSR count). The second-order valence-electron chi connectivity index (χ2n) is 4.09. The molecule has 0 radical (unpaired) electrons. The van der Waals surface area contributed by atoms with Crippen molar-refractivity contribution in [1.82, 2.24) is 9.97 Å². The van der Waals surface area contributed by atoms with E-state index in [0.29, 0.717) is 0 Å². The van der Waals surface area contributed by atoms with E-state index in [9.17, 15) is 9.59 Å². The van der Waals surface area contributed by atoms with Crippen LogP contribution in [0.5, 0.6) is 0 Å². The minimum atomic E-state index is -0.548. The van der Waals surface area contributed by atoms with E-state index in [1.54, 1.807) is 20.8 Å². The molecule has 0 aliphatic carbocycles. The number of hydrogen-bond acceptors (Lipinski definition) is 4. The van der Waals surface area contributed by atoms with Gasteiger partial charge in [-0.15, -0.1) is 0 Å². The van der Waals surface area contributed by atoms with Gasteiger partial charge in [0.1, 0.15) is 5.82 Å². The van der Waals surface area contributed by atoms with Gasteiger partial charge >= 0.3 is 5.69 Å². The van der Waals surface area contributed by atoms with Gasteiger partial charge < -0.3 is 5.73 Å². The summed E-state index contributed by atoms with van der Waals surface area (Å²) < 4.78 is 0. The Morgan fingerprint density at radius 1 is 1.50 bits per heavy atom.